The molecule has 1 amide bonds. The standard InChI is InChI=1S/C24H26F4N2O4S/c1-35(32,33)18-6-8-22(34-15-16-3-2-4-16)19(14-18)23(31)30-11-9-29(10-12-30)17-5-7-20(21(25)13-17)24(26,27)28/h5-8,13-14,16H,2-4,9-12,15H2,1H3. The Hall–Kier alpha value is -2.82. The molecule has 11 heteroatoms. The van der Waals surface area contributed by atoms with Crippen molar-refractivity contribution in [3.8, 4) is 5.75 Å². The highest BCUT2D eigenvalue weighted by molar-refractivity contribution is 7.90. The molecule has 1 aliphatic carbocycles. The zero-order valence-electron chi connectivity index (χ0n) is 19.1. The summed E-state index contributed by atoms with van der Waals surface area (Å²) in [6, 6.07) is 7.02. The van der Waals surface area contributed by atoms with Crippen molar-refractivity contribution in [2.75, 3.05) is 43.9 Å². The first kappa shape index (κ1) is 25.3. The van der Waals surface area contributed by atoms with Crippen LogP contribution in [0.15, 0.2) is 41.3 Å². The minimum Gasteiger partial charge on any atom is -0.492 e. The highest BCUT2D eigenvalue weighted by atomic mass is 32.2. The number of amides is 1. The number of nitrogens with zero attached hydrogens (tertiary/aromatic N) is 2. The van der Waals surface area contributed by atoms with Crippen LogP contribution in [-0.2, 0) is 16.0 Å². The van der Waals surface area contributed by atoms with Crippen molar-refractivity contribution >= 4 is 21.4 Å². The van der Waals surface area contributed by atoms with Gasteiger partial charge in [-0.25, -0.2) is 12.8 Å². The molecule has 0 atom stereocenters. The molecule has 2 fully saturated rings. The first-order valence-corrected chi connectivity index (χ1v) is 13.2. The summed E-state index contributed by atoms with van der Waals surface area (Å²) in [5.41, 5.74) is -0.872. The molecule has 0 spiro atoms. The second kappa shape index (κ2) is 9.67. The minimum atomic E-state index is -4.77. The quantitative estimate of drug-likeness (QED) is 0.535. The van der Waals surface area contributed by atoms with Crippen molar-refractivity contribution in [2.24, 2.45) is 5.92 Å². The number of anilines is 1. The lowest BCUT2D eigenvalue weighted by Gasteiger charge is -2.36. The molecule has 1 aliphatic heterocycles. The summed E-state index contributed by atoms with van der Waals surface area (Å²) >= 11 is 0. The Bertz CT molecular complexity index is 1200. The van der Waals surface area contributed by atoms with Gasteiger partial charge in [-0.1, -0.05) is 6.42 Å². The maximum absolute atomic E-state index is 14.0. The number of ether oxygens (including phenoxy) is 1. The molecule has 2 aliphatic rings. The van der Waals surface area contributed by atoms with E-state index in [2.05, 4.69) is 0 Å². The lowest BCUT2D eigenvalue weighted by atomic mass is 9.86. The van der Waals surface area contributed by atoms with Gasteiger partial charge >= 0.3 is 6.18 Å². The maximum Gasteiger partial charge on any atom is 0.419 e. The van der Waals surface area contributed by atoms with Crippen LogP contribution in [0, 0.1) is 11.7 Å². The fraction of sp³-hybridized carbons (Fsp3) is 0.458. The largest absolute Gasteiger partial charge is 0.492 e. The van der Waals surface area contributed by atoms with Crippen LogP contribution >= 0.6 is 0 Å². The maximum atomic E-state index is 14.0. The van der Waals surface area contributed by atoms with Crippen molar-refractivity contribution < 1.29 is 35.5 Å². The Balaban J connectivity index is 1.48. The lowest BCUT2D eigenvalue weighted by molar-refractivity contribution is -0.139. The Morgan fingerprint density at radius 2 is 1.74 bits per heavy atom. The number of halogens is 4. The fourth-order valence-electron chi connectivity index (χ4n) is 4.17. The first-order chi connectivity index (χ1) is 16.4. The van der Waals surface area contributed by atoms with E-state index in [1.54, 1.807) is 4.90 Å². The monoisotopic (exact) mass is 514 g/mol. The Labute approximate surface area is 201 Å². The van der Waals surface area contributed by atoms with Gasteiger partial charge in [-0.3, -0.25) is 4.79 Å². The Morgan fingerprint density at radius 3 is 2.29 bits per heavy atom. The Kier molecular flexibility index (Phi) is 6.99. The van der Waals surface area contributed by atoms with E-state index < -0.39 is 33.3 Å². The first-order valence-electron chi connectivity index (χ1n) is 11.3. The lowest BCUT2D eigenvalue weighted by Crippen LogP contribution is -2.49. The third kappa shape index (κ3) is 5.71. The molecule has 190 valence electrons. The van der Waals surface area contributed by atoms with Crippen molar-refractivity contribution in [1.29, 1.82) is 0 Å². The number of hydrogen-bond acceptors (Lipinski definition) is 5. The van der Waals surface area contributed by atoms with Gasteiger partial charge in [-0.15, -0.1) is 0 Å². The average molecular weight is 515 g/mol. The van der Waals surface area contributed by atoms with E-state index in [1.165, 1.54) is 29.2 Å². The minimum absolute atomic E-state index is 0.00992. The Morgan fingerprint density at radius 1 is 1.06 bits per heavy atom. The summed E-state index contributed by atoms with van der Waals surface area (Å²) in [4.78, 5) is 16.6. The van der Waals surface area contributed by atoms with Crippen molar-refractivity contribution in [3.63, 3.8) is 0 Å². The number of alkyl halides is 3. The third-order valence-electron chi connectivity index (χ3n) is 6.50. The van der Waals surface area contributed by atoms with Crippen LogP contribution in [0.5, 0.6) is 5.75 Å². The summed E-state index contributed by atoms with van der Waals surface area (Å²) < 4.78 is 82.5. The van der Waals surface area contributed by atoms with Crippen LogP contribution < -0.4 is 9.64 Å². The molecule has 2 aromatic carbocycles. The van der Waals surface area contributed by atoms with Crippen molar-refractivity contribution in [3.05, 3.63) is 53.3 Å². The summed E-state index contributed by atoms with van der Waals surface area (Å²) in [6.07, 6.45) is -0.464. The number of benzene rings is 2. The molecule has 2 aromatic rings. The van der Waals surface area contributed by atoms with E-state index in [0.717, 1.165) is 31.6 Å². The van der Waals surface area contributed by atoms with E-state index in [-0.39, 0.29) is 36.6 Å². The zero-order chi connectivity index (χ0) is 25.4. The average Bonchev–Trinajstić information content (AvgIpc) is 2.76. The highest BCUT2D eigenvalue weighted by Gasteiger charge is 2.34. The molecule has 0 N–H and O–H groups in total. The van der Waals surface area contributed by atoms with Gasteiger partial charge in [-0.05, 0) is 55.2 Å². The molecule has 0 unspecified atom stereocenters. The zero-order valence-corrected chi connectivity index (χ0v) is 20.0. The molecule has 1 saturated carbocycles. The third-order valence-corrected chi connectivity index (χ3v) is 7.61. The topological polar surface area (TPSA) is 66.9 Å². The predicted molar refractivity (Wildman–Crippen MR) is 122 cm³/mol. The van der Waals surface area contributed by atoms with E-state index >= 15 is 0 Å². The molecule has 0 bridgehead atoms. The number of carbonyl (C=O) groups is 1. The van der Waals surface area contributed by atoms with E-state index in [0.29, 0.717) is 30.0 Å². The van der Waals surface area contributed by atoms with Gasteiger partial charge < -0.3 is 14.5 Å². The predicted octanol–water partition coefficient (Wildman–Crippen LogP) is 4.39. The molecule has 35 heavy (non-hydrogen) atoms. The second-order valence-corrected chi connectivity index (χ2v) is 11.0. The van der Waals surface area contributed by atoms with Crippen LogP contribution in [0.25, 0.3) is 0 Å². The van der Waals surface area contributed by atoms with Gasteiger partial charge in [0.2, 0.25) is 0 Å². The van der Waals surface area contributed by atoms with Crippen LogP contribution in [0.4, 0.5) is 23.2 Å². The van der Waals surface area contributed by atoms with Crippen molar-refractivity contribution in [2.45, 2.75) is 30.3 Å². The van der Waals surface area contributed by atoms with Crippen LogP contribution in [0.3, 0.4) is 0 Å². The SMILES string of the molecule is CS(=O)(=O)c1ccc(OCC2CCC2)c(C(=O)N2CCN(c3ccc(C(F)(F)F)c(F)c3)CC2)c1. The summed E-state index contributed by atoms with van der Waals surface area (Å²) in [5, 5.41) is 0. The molecular formula is C24H26F4N2O4S. The van der Waals surface area contributed by atoms with E-state index in [1.807, 2.05) is 0 Å². The number of piperazine rings is 1. The van der Waals surface area contributed by atoms with Gasteiger partial charge in [0.1, 0.15) is 11.6 Å². The van der Waals surface area contributed by atoms with Crippen LogP contribution in [0.1, 0.15) is 35.2 Å². The molecular weight excluding hydrogens is 488 g/mol. The summed E-state index contributed by atoms with van der Waals surface area (Å²) in [5.74, 6) is -1.00. The van der Waals surface area contributed by atoms with E-state index in [4.69, 9.17) is 4.74 Å². The smallest absolute Gasteiger partial charge is 0.419 e. The van der Waals surface area contributed by atoms with Gasteiger partial charge in [0.25, 0.3) is 5.91 Å². The second-order valence-electron chi connectivity index (χ2n) is 8.98. The molecule has 6 nitrogen and oxygen atoms in total. The van der Waals surface area contributed by atoms with Gasteiger partial charge in [-0.2, -0.15) is 13.2 Å². The molecule has 4 rings (SSSR count). The van der Waals surface area contributed by atoms with Gasteiger partial charge in [0.15, 0.2) is 9.84 Å². The van der Waals surface area contributed by atoms with Crippen LogP contribution in [0.2, 0.25) is 0 Å². The summed E-state index contributed by atoms with van der Waals surface area (Å²) in [6.45, 7) is 1.46. The molecule has 1 heterocycles. The number of hydrogen-bond donors (Lipinski definition) is 0. The molecule has 0 aromatic heterocycles. The van der Waals surface area contributed by atoms with Crippen LogP contribution in [-0.4, -0.2) is 58.3 Å². The number of rotatable bonds is 6. The summed E-state index contributed by atoms with van der Waals surface area (Å²) in [7, 11) is -3.54. The molecule has 1 saturated heterocycles. The fourth-order valence-corrected chi connectivity index (χ4v) is 4.82. The van der Waals surface area contributed by atoms with E-state index in [9.17, 15) is 30.8 Å². The number of sulfone groups is 1. The van der Waals surface area contributed by atoms with Gasteiger partial charge in [0, 0.05) is 38.1 Å². The van der Waals surface area contributed by atoms with Crippen molar-refractivity contribution in [1.82, 2.24) is 4.90 Å². The van der Waals surface area contributed by atoms with Gasteiger partial charge in [0.05, 0.1) is 22.6 Å². The molecule has 0 radical (unpaired) electrons. The number of carbonyl (C=O) groups excluding carboxylic acids is 1. The highest BCUT2D eigenvalue weighted by Crippen LogP contribution is 2.34. The normalized spacial score (nSPS) is 17.3.